The maximum absolute atomic E-state index is 13.4. The highest BCUT2D eigenvalue weighted by Gasteiger charge is 2.29. The average Bonchev–Trinajstić information content (AvgIpc) is 3.26. The van der Waals surface area contributed by atoms with Gasteiger partial charge in [-0.3, -0.25) is 4.90 Å². The normalized spacial score (nSPS) is 19.2. The van der Waals surface area contributed by atoms with Crippen molar-refractivity contribution in [1.29, 1.82) is 0 Å². The lowest BCUT2D eigenvalue weighted by atomic mass is 10.0. The Balaban J connectivity index is 1.27. The van der Waals surface area contributed by atoms with Crippen molar-refractivity contribution in [3.8, 4) is 0 Å². The molecule has 3 aromatic rings. The number of aliphatic hydroxyl groups is 1. The van der Waals surface area contributed by atoms with Gasteiger partial charge in [0.15, 0.2) is 0 Å². The van der Waals surface area contributed by atoms with E-state index in [0.29, 0.717) is 16.6 Å². The van der Waals surface area contributed by atoms with Gasteiger partial charge < -0.3 is 10.4 Å². The molecule has 174 valence electrons. The summed E-state index contributed by atoms with van der Waals surface area (Å²) in [7, 11) is 2.06. The maximum atomic E-state index is 13.4. The molecule has 2 aromatic carbocycles. The zero-order chi connectivity index (χ0) is 23.4. The molecule has 0 unspecified atom stereocenters. The predicted octanol–water partition coefficient (Wildman–Crippen LogP) is 5.21. The van der Waals surface area contributed by atoms with Crippen LogP contribution in [0.25, 0.3) is 0 Å². The van der Waals surface area contributed by atoms with Crippen LogP contribution in [-0.2, 0) is 19.5 Å². The standard InChI is InChI=1S/C27H31ClFN3O/c1-18-13-21(15-30-27(18)29)17-32(2)16-20-5-3-19(4-6-20)14-24-11-12-25(31-24)26(33)22-7-9-23(28)10-8-22/h3-10,13,15,24-26,31,33H,11-12,14,16-17H2,1-2H3/t24-,25+,26+/m0/s1. The third-order valence-corrected chi connectivity index (χ3v) is 6.60. The predicted molar refractivity (Wildman–Crippen MR) is 131 cm³/mol. The van der Waals surface area contributed by atoms with Crippen molar-refractivity contribution in [3.05, 3.63) is 99.6 Å². The van der Waals surface area contributed by atoms with E-state index in [0.717, 1.165) is 43.5 Å². The molecule has 0 spiro atoms. The van der Waals surface area contributed by atoms with Gasteiger partial charge in [0.2, 0.25) is 5.95 Å². The fourth-order valence-electron chi connectivity index (χ4n) is 4.60. The number of nitrogens with zero attached hydrogens (tertiary/aromatic N) is 2. The topological polar surface area (TPSA) is 48.4 Å². The fourth-order valence-corrected chi connectivity index (χ4v) is 4.73. The van der Waals surface area contributed by atoms with Crippen LogP contribution in [0.5, 0.6) is 0 Å². The average molecular weight is 468 g/mol. The number of aromatic nitrogens is 1. The second-order valence-corrected chi connectivity index (χ2v) is 9.62. The van der Waals surface area contributed by atoms with Crippen molar-refractivity contribution < 1.29 is 9.50 Å². The van der Waals surface area contributed by atoms with E-state index in [1.54, 1.807) is 13.1 Å². The summed E-state index contributed by atoms with van der Waals surface area (Å²) >= 11 is 5.96. The van der Waals surface area contributed by atoms with Gasteiger partial charge in [-0.05, 0) is 73.7 Å². The van der Waals surface area contributed by atoms with E-state index in [2.05, 4.69) is 46.5 Å². The SMILES string of the molecule is Cc1cc(CN(C)Cc2ccc(C[C@@H]3CC[C@H]([C@H](O)c4ccc(Cl)cc4)N3)cc2)cnc1F. The van der Waals surface area contributed by atoms with Gasteiger partial charge in [-0.2, -0.15) is 4.39 Å². The molecule has 2 heterocycles. The first-order valence-electron chi connectivity index (χ1n) is 11.4. The summed E-state index contributed by atoms with van der Waals surface area (Å²) in [6.45, 7) is 3.28. The first-order chi connectivity index (χ1) is 15.9. The molecule has 4 nitrogen and oxygen atoms in total. The minimum atomic E-state index is -0.523. The molecule has 0 amide bonds. The quantitative estimate of drug-likeness (QED) is 0.446. The first-order valence-corrected chi connectivity index (χ1v) is 11.8. The van der Waals surface area contributed by atoms with E-state index in [1.165, 1.54) is 11.1 Å². The Bertz CT molecular complexity index is 1060. The Morgan fingerprint density at radius 3 is 2.42 bits per heavy atom. The van der Waals surface area contributed by atoms with Crippen LogP contribution in [0.4, 0.5) is 4.39 Å². The van der Waals surface area contributed by atoms with Gasteiger partial charge in [-0.15, -0.1) is 0 Å². The van der Waals surface area contributed by atoms with E-state index < -0.39 is 12.1 Å². The van der Waals surface area contributed by atoms with E-state index >= 15 is 0 Å². The van der Waals surface area contributed by atoms with Gasteiger partial charge in [0.1, 0.15) is 0 Å². The number of pyridine rings is 1. The van der Waals surface area contributed by atoms with Crippen LogP contribution < -0.4 is 5.32 Å². The number of aryl methyl sites for hydroxylation is 1. The number of hydrogen-bond acceptors (Lipinski definition) is 4. The molecule has 3 atom stereocenters. The Kier molecular flexibility index (Phi) is 7.76. The van der Waals surface area contributed by atoms with Crippen molar-refractivity contribution in [1.82, 2.24) is 15.2 Å². The highest BCUT2D eigenvalue weighted by Crippen LogP contribution is 2.27. The molecule has 0 bridgehead atoms. The molecule has 1 aromatic heterocycles. The van der Waals surface area contributed by atoms with Crippen LogP contribution in [0.1, 0.15) is 46.8 Å². The van der Waals surface area contributed by atoms with Crippen LogP contribution >= 0.6 is 11.6 Å². The van der Waals surface area contributed by atoms with Crippen LogP contribution in [0, 0.1) is 12.9 Å². The van der Waals surface area contributed by atoms with Crippen LogP contribution in [0.2, 0.25) is 5.02 Å². The number of rotatable bonds is 8. The van der Waals surface area contributed by atoms with Crippen molar-refractivity contribution in [2.24, 2.45) is 0 Å². The number of benzene rings is 2. The van der Waals surface area contributed by atoms with E-state index in [1.807, 2.05) is 30.3 Å². The summed E-state index contributed by atoms with van der Waals surface area (Å²) in [5.41, 5.74) is 5.02. The molecular formula is C27H31ClFN3O. The number of halogens is 2. The largest absolute Gasteiger partial charge is 0.387 e. The highest BCUT2D eigenvalue weighted by molar-refractivity contribution is 6.30. The summed E-state index contributed by atoms with van der Waals surface area (Å²) in [4.78, 5) is 6.01. The number of hydrogen-bond donors (Lipinski definition) is 2. The molecule has 1 saturated heterocycles. The molecule has 1 aliphatic rings. The van der Waals surface area contributed by atoms with Crippen molar-refractivity contribution in [2.45, 2.75) is 57.5 Å². The first kappa shape index (κ1) is 23.8. The molecule has 0 aliphatic carbocycles. The lowest BCUT2D eigenvalue weighted by Gasteiger charge is -2.21. The zero-order valence-corrected chi connectivity index (χ0v) is 19.9. The second kappa shape index (κ2) is 10.7. The third kappa shape index (κ3) is 6.39. The molecule has 1 aliphatic heterocycles. The Morgan fingerprint density at radius 1 is 1.06 bits per heavy atom. The lowest BCUT2D eigenvalue weighted by molar-refractivity contribution is 0.135. The van der Waals surface area contributed by atoms with Crippen molar-refractivity contribution in [2.75, 3.05) is 7.05 Å². The molecule has 4 rings (SSSR count). The Morgan fingerprint density at radius 2 is 1.73 bits per heavy atom. The number of aliphatic hydroxyl groups excluding tert-OH is 1. The molecular weight excluding hydrogens is 437 g/mol. The van der Waals surface area contributed by atoms with Crippen LogP contribution in [0.15, 0.2) is 60.8 Å². The molecule has 33 heavy (non-hydrogen) atoms. The van der Waals surface area contributed by atoms with Crippen LogP contribution in [-0.4, -0.2) is 34.1 Å². The molecule has 0 saturated carbocycles. The zero-order valence-electron chi connectivity index (χ0n) is 19.1. The molecule has 6 heteroatoms. The number of nitrogens with one attached hydrogen (secondary N) is 1. The third-order valence-electron chi connectivity index (χ3n) is 6.35. The maximum Gasteiger partial charge on any atom is 0.215 e. The second-order valence-electron chi connectivity index (χ2n) is 9.19. The summed E-state index contributed by atoms with van der Waals surface area (Å²) in [5, 5.41) is 15.0. The van der Waals surface area contributed by atoms with Crippen molar-refractivity contribution in [3.63, 3.8) is 0 Å². The highest BCUT2D eigenvalue weighted by atomic mass is 35.5. The molecule has 1 fully saturated rings. The van der Waals surface area contributed by atoms with Gasteiger partial charge in [0, 0.05) is 42.0 Å². The summed E-state index contributed by atoms with van der Waals surface area (Å²) in [6, 6.07) is 18.4. The lowest BCUT2D eigenvalue weighted by Crippen LogP contribution is -2.35. The Hall–Kier alpha value is -2.31. The Labute approximate surface area is 200 Å². The fraction of sp³-hybridized carbons (Fsp3) is 0.370. The monoisotopic (exact) mass is 467 g/mol. The summed E-state index contributed by atoms with van der Waals surface area (Å²) in [6.07, 6.45) is 4.03. The summed E-state index contributed by atoms with van der Waals surface area (Å²) < 4.78 is 13.4. The minimum absolute atomic E-state index is 0.0636. The molecule has 0 radical (unpaired) electrons. The summed E-state index contributed by atoms with van der Waals surface area (Å²) in [5.74, 6) is -0.403. The van der Waals surface area contributed by atoms with Crippen LogP contribution in [0.3, 0.4) is 0 Å². The van der Waals surface area contributed by atoms with Gasteiger partial charge in [0.25, 0.3) is 0 Å². The smallest absolute Gasteiger partial charge is 0.215 e. The van der Waals surface area contributed by atoms with E-state index in [9.17, 15) is 9.50 Å². The van der Waals surface area contributed by atoms with Crippen molar-refractivity contribution >= 4 is 11.6 Å². The van der Waals surface area contributed by atoms with E-state index in [4.69, 9.17) is 11.6 Å². The van der Waals surface area contributed by atoms with Gasteiger partial charge >= 0.3 is 0 Å². The van der Waals surface area contributed by atoms with Gasteiger partial charge in [-0.25, -0.2) is 4.98 Å². The van der Waals surface area contributed by atoms with E-state index in [-0.39, 0.29) is 6.04 Å². The molecule has 2 N–H and O–H groups in total. The van der Waals surface area contributed by atoms with Gasteiger partial charge in [0.05, 0.1) is 6.10 Å². The minimum Gasteiger partial charge on any atom is -0.387 e. The van der Waals surface area contributed by atoms with Gasteiger partial charge in [-0.1, -0.05) is 48.0 Å².